The van der Waals surface area contributed by atoms with Crippen molar-refractivity contribution in [3.63, 3.8) is 0 Å². The average Bonchev–Trinajstić information content (AvgIpc) is 1.79. The Morgan fingerprint density at radius 2 is 2.00 bits per heavy atom. The van der Waals surface area contributed by atoms with Gasteiger partial charge in [-0.3, -0.25) is 0 Å². The molecule has 1 atom stereocenters. The molecule has 0 rings (SSSR count). The van der Waals surface area contributed by atoms with E-state index in [0.717, 1.165) is 0 Å². The zero-order valence-electron chi connectivity index (χ0n) is 7.42. The molecule has 4 N–H and O–H groups in total. The number of carboxylic acid groups (broad SMARTS) is 1. The molecule has 0 radical (unpaired) electrons. The first kappa shape index (κ1) is 11.2. The van der Waals surface area contributed by atoms with Gasteiger partial charge in [-0.25, -0.2) is 4.79 Å². The number of nitrogens with two attached hydrogens (primary N) is 1. The van der Waals surface area contributed by atoms with Crippen LogP contribution < -0.4 is 11.1 Å². The maximum atomic E-state index is 10.3. The van der Waals surface area contributed by atoms with Crippen LogP contribution in [0, 0.1) is 5.41 Å². The summed E-state index contributed by atoms with van der Waals surface area (Å²) in [7, 11) is 0. The largest absolute Gasteiger partial charge is 0.465 e. The normalized spacial score (nSPS) is 13.6. The summed E-state index contributed by atoms with van der Waals surface area (Å²) in [6, 6.07) is -0.481. The minimum Gasteiger partial charge on any atom is -0.465 e. The van der Waals surface area contributed by atoms with Gasteiger partial charge in [-0.1, -0.05) is 33.0 Å². The second kappa shape index (κ2) is 3.71. The van der Waals surface area contributed by atoms with Crippen molar-refractivity contribution in [2.75, 3.05) is 0 Å². The summed E-state index contributed by atoms with van der Waals surface area (Å²) in [6.45, 7) is 5.60. The Labute approximate surface area is 77.1 Å². The Bertz CT molecular complexity index is 198. The first-order valence-electron chi connectivity index (χ1n) is 3.54. The second-order valence-corrected chi connectivity index (χ2v) is 4.12. The molecule has 0 aromatic carbocycles. The van der Waals surface area contributed by atoms with Gasteiger partial charge in [0.2, 0.25) is 0 Å². The summed E-state index contributed by atoms with van der Waals surface area (Å²) >= 11 is 4.74. The van der Waals surface area contributed by atoms with Gasteiger partial charge in [-0.05, 0) is 5.41 Å². The molecule has 1 unspecified atom stereocenters. The van der Waals surface area contributed by atoms with Crippen LogP contribution in [0.3, 0.4) is 0 Å². The molecule has 0 heterocycles. The highest BCUT2D eigenvalue weighted by Crippen LogP contribution is 2.19. The Morgan fingerprint density at radius 1 is 1.58 bits per heavy atom. The third-order valence-electron chi connectivity index (χ3n) is 1.42. The average molecular weight is 190 g/mol. The van der Waals surface area contributed by atoms with E-state index < -0.39 is 12.1 Å². The fraction of sp³-hybridized carbons (Fsp3) is 0.714. The molecule has 5 heteroatoms. The first-order chi connectivity index (χ1) is 5.25. The van der Waals surface area contributed by atoms with Gasteiger partial charge in [-0.2, -0.15) is 0 Å². The lowest BCUT2D eigenvalue weighted by Crippen LogP contribution is -2.50. The van der Waals surface area contributed by atoms with Crippen molar-refractivity contribution in [3.05, 3.63) is 0 Å². The number of nitrogens with one attached hydrogen (secondary N) is 1. The smallest absolute Gasteiger partial charge is 0.405 e. The van der Waals surface area contributed by atoms with Crippen LogP contribution in [0.1, 0.15) is 20.8 Å². The molecule has 1 amide bonds. The predicted molar refractivity (Wildman–Crippen MR) is 51.2 cm³/mol. The third-order valence-corrected chi connectivity index (χ3v) is 1.65. The standard InChI is InChI=1S/C7H14N2O2S/c1-7(2,3)4(5(8)12)9-6(10)11/h4,9H,1-3H3,(H2,8,12)(H,10,11). The van der Waals surface area contributed by atoms with E-state index in [1.54, 1.807) is 0 Å². The summed E-state index contributed by atoms with van der Waals surface area (Å²) in [5.41, 5.74) is 5.09. The molecule has 0 aromatic rings. The molecule has 12 heavy (non-hydrogen) atoms. The van der Waals surface area contributed by atoms with Crippen LogP contribution in [-0.2, 0) is 0 Å². The molecule has 0 spiro atoms. The molecule has 70 valence electrons. The van der Waals surface area contributed by atoms with Crippen molar-refractivity contribution >= 4 is 23.3 Å². The zero-order valence-corrected chi connectivity index (χ0v) is 8.23. The fourth-order valence-corrected chi connectivity index (χ4v) is 1.25. The fourth-order valence-electron chi connectivity index (χ4n) is 0.838. The Hall–Kier alpha value is -0.840. The number of thiocarbonyl (C=S) groups is 1. The lowest BCUT2D eigenvalue weighted by molar-refractivity contribution is 0.184. The molecule has 0 aliphatic carbocycles. The summed E-state index contributed by atoms with van der Waals surface area (Å²) in [4.78, 5) is 10.5. The number of hydrogen-bond acceptors (Lipinski definition) is 2. The Morgan fingerprint density at radius 3 is 2.08 bits per heavy atom. The lowest BCUT2D eigenvalue weighted by atomic mass is 9.87. The van der Waals surface area contributed by atoms with Crippen LogP contribution in [0.25, 0.3) is 0 Å². The molecule has 0 fully saturated rings. The summed E-state index contributed by atoms with van der Waals surface area (Å²) in [5.74, 6) is 0. The monoisotopic (exact) mass is 190 g/mol. The molecule has 4 nitrogen and oxygen atoms in total. The molecule has 0 aliphatic rings. The maximum absolute atomic E-state index is 10.3. The van der Waals surface area contributed by atoms with Crippen molar-refractivity contribution < 1.29 is 9.90 Å². The van der Waals surface area contributed by atoms with Gasteiger partial charge in [0, 0.05) is 0 Å². The van der Waals surface area contributed by atoms with E-state index in [4.69, 9.17) is 23.1 Å². The van der Waals surface area contributed by atoms with E-state index in [9.17, 15) is 4.79 Å². The summed E-state index contributed by atoms with van der Waals surface area (Å²) in [5, 5.41) is 10.7. The molecule has 0 bridgehead atoms. The van der Waals surface area contributed by atoms with Crippen LogP contribution in [-0.4, -0.2) is 22.2 Å². The molecular weight excluding hydrogens is 176 g/mol. The van der Waals surface area contributed by atoms with Gasteiger partial charge in [-0.15, -0.1) is 0 Å². The Kier molecular flexibility index (Phi) is 3.45. The van der Waals surface area contributed by atoms with Crippen LogP contribution in [0.15, 0.2) is 0 Å². The van der Waals surface area contributed by atoms with E-state index in [2.05, 4.69) is 5.32 Å². The van der Waals surface area contributed by atoms with E-state index in [0.29, 0.717) is 0 Å². The van der Waals surface area contributed by atoms with Crippen molar-refractivity contribution in [1.29, 1.82) is 0 Å². The van der Waals surface area contributed by atoms with Gasteiger partial charge in [0.15, 0.2) is 0 Å². The van der Waals surface area contributed by atoms with Crippen LogP contribution in [0.5, 0.6) is 0 Å². The number of hydrogen-bond donors (Lipinski definition) is 3. The number of amides is 1. The SMILES string of the molecule is CC(C)(C)C(NC(=O)O)C(N)=S. The van der Waals surface area contributed by atoms with Crippen molar-refractivity contribution in [1.82, 2.24) is 5.32 Å². The highest BCUT2D eigenvalue weighted by molar-refractivity contribution is 7.80. The van der Waals surface area contributed by atoms with Crippen LogP contribution >= 0.6 is 12.2 Å². The van der Waals surface area contributed by atoms with E-state index in [1.807, 2.05) is 20.8 Å². The minimum atomic E-state index is -1.11. The van der Waals surface area contributed by atoms with Gasteiger partial charge in [0.25, 0.3) is 0 Å². The molecule has 0 aromatic heterocycles. The summed E-state index contributed by atoms with van der Waals surface area (Å²) < 4.78 is 0. The molecule has 0 aliphatic heterocycles. The van der Waals surface area contributed by atoms with E-state index in [1.165, 1.54) is 0 Å². The first-order valence-corrected chi connectivity index (χ1v) is 3.94. The van der Waals surface area contributed by atoms with Crippen LogP contribution in [0.2, 0.25) is 0 Å². The summed E-state index contributed by atoms with van der Waals surface area (Å²) in [6.07, 6.45) is -1.11. The quantitative estimate of drug-likeness (QED) is 0.567. The zero-order chi connectivity index (χ0) is 9.94. The lowest BCUT2D eigenvalue weighted by Gasteiger charge is -2.29. The molecule has 0 saturated heterocycles. The Balaban J connectivity index is 4.46. The third kappa shape index (κ3) is 3.52. The second-order valence-electron chi connectivity index (χ2n) is 3.65. The minimum absolute atomic E-state index is 0.171. The van der Waals surface area contributed by atoms with E-state index >= 15 is 0 Å². The van der Waals surface area contributed by atoms with Gasteiger partial charge in [0.05, 0.1) is 11.0 Å². The molecule has 0 saturated carbocycles. The van der Waals surface area contributed by atoms with E-state index in [-0.39, 0.29) is 10.4 Å². The number of rotatable bonds is 2. The van der Waals surface area contributed by atoms with Gasteiger partial charge in [0.1, 0.15) is 0 Å². The highest BCUT2D eigenvalue weighted by atomic mass is 32.1. The van der Waals surface area contributed by atoms with Crippen LogP contribution in [0.4, 0.5) is 4.79 Å². The van der Waals surface area contributed by atoms with Crippen molar-refractivity contribution in [2.24, 2.45) is 11.1 Å². The predicted octanol–water partition coefficient (Wildman–Crippen LogP) is 0.955. The highest BCUT2D eigenvalue weighted by Gasteiger charge is 2.28. The van der Waals surface area contributed by atoms with Gasteiger partial charge < -0.3 is 16.2 Å². The number of carbonyl (C=O) groups is 1. The molecular formula is C7H14N2O2S. The van der Waals surface area contributed by atoms with Gasteiger partial charge >= 0.3 is 6.09 Å². The van der Waals surface area contributed by atoms with Crippen molar-refractivity contribution in [2.45, 2.75) is 26.8 Å². The topological polar surface area (TPSA) is 75.3 Å². The maximum Gasteiger partial charge on any atom is 0.405 e. The van der Waals surface area contributed by atoms with Crippen molar-refractivity contribution in [3.8, 4) is 0 Å².